The van der Waals surface area contributed by atoms with Gasteiger partial charge in [0.2, 0.25) is 0 Å². The highest BCUT2D eigenvalue weighted by Gasteiger charge is 2.25. The van der Waals surface area contributed by atoms with Gasteiger partial charge in [0.15, 0.2) is 0 Å². The summed E-state index contributed by atoms with van der Waals surface area (Å²) in [5.74, 6) is -0.244. The van der Waals surface area contributed by atoms with Gasteiger partial charge in [-0.05, 0) is 19.4 Å². The number of hydrogen-bond acceptors (Lipinski definition) is 5. The first kappa shape index (κ1) is 14.3. The van der Waals surface area contributed by atoms with Crippen LogP contribution >= 0.6 is 0 Å². The van der Waals surface area contributed by atoms with Gasteiger partial charge in [0, 0.05) is 6.42 Å². The van der Waals surface area contributed by atoms with E-state index < -0.39 is 5.54 Å². The van der Waals surface area contributed by atoms with E-state index in [2.05, 4.69) is 10.1 Å². The number of nitrogens with one attached hydrogen (secondary N) is 1. The van der Waals surface area contributed by atoms with Gasteiger partial charge in [0.25, 0.3) is 0 Å². The van der Waals surface area contributed by atoms with Crippen LogP contribution in [0.25, 0.3) is 0 Å². The van der Waals surface area contributed by atoms with Crippen LogP contribution in [0.3, 0.4) is 0 Å². The molecule has 0 aliphatic heterocycles. The van der Waals surface area contributed by atoms with Gasteiger partial charge in [-0.15, -0.1) is 0 Å². The van der Waals surface area contributed by atoms with Crippen LogP contribution in [0, 0.1) is 0 Å². The largest absolute Gasteiger partial charge is 0.469 e. The lowest BCUT2D eigenvalue weighted by Crippen LogP contribution is -2.51. The van der Waals surface area contributed by atoms with Gasteiger partial charge >= 0.3 is 5.97 Å². The number of aliphatic hydroxyl groups is 2. The zero-order chi connectivity index (χ0) is 11.7. The minimum Gasteiger partial charge on any atom is -0.469 e. The normalized spacial score (nSPS) is 11.5. The second-order valence-corrected chi connectivity index (χ2v) is 3.56. The summed E-state index contributed by atoms with van der Waals surface area (Å²) in [6, 6.07) is 0. The van der Waals surface area contributed by atoms with Crippen LogP contribution in [0.1, 0.15) is 26.2 Å². The topological polar surface area (TPSA) is 78.8 Å². The van der Waals surface area contributed by atoms with Crippen LogP contribution in [0.2, 0.25) is 0 Å². The van der Waals surface area contributed by atoms with Crippen LogP contribution in [0.5, 0.6) is 0 Å². The molecule has 0 bridgehead atoms. The van der Waals surface area contributed by atoms with Crippen LogP contribution in [0.15, 0.2) is 0 Å². The van der Waals surface area contributed by atoms with Crippen molar-refractivity contribution in [2.75, 3.05) is 26.9 Å². The summed E-state index contributed by atoms with van der Waals surface area (Å²) < 4.78 is 4.50. The Kier molecular flexibility index (Phi) is 7.29. The monoisotopic (exact) mass is 219 g/mol. The molecule has 90 valence electrons. The zero-order valence-corrected chi connectivity index (χ0v) is 9.45. The van der Waals surface area contributed by atoms with E-state index in [1.165, 1.54) is 7.11 Å². The number of hydrogen-bond donors (Lipinski definition) is 3. The van der Waals surface area contributed by atoms with Crippen LogP contribution in [0.4, 0.5) is 0 Å². The van der Waals surface area contributed by atoms with Gasteiger partial charge in [-0.25, -0.2) is 0 Å². The van der Waals surface area contributed by atoms with Gasteiger partial charge < -0.3 is 20.3 Å². The Hall–Kier alpha value is -0.650. The van der Waals surface area contributed by atoms with Crippen molar-refractivity contribution in [1.82, 2.24) is 5.32 Å². The molecule has 5 heteroatoms. The summed E-state index contributed by atoms with van der Waals surface area (Å²) in [6.45, 7) is 2.24. The maximum Gasteiger partial charge on any atom is 0.305 e. The molecule has 0 spiro atoms. The molecule has 0 unspecified atom stereocenters. The van der Waals surface area contributed by atoms with Crippen LogP contribution in [-0.2, 0) is 9.53 Å². The molecule has 15 heavy (non-hydrogen) atoms. The highest BCUT2D eigenvalue weighted by Crippen LogP contribution is 2.08. The molecule has 3 N–H and O–H groups in total. The Labute approximate surface area is 90.4 Å². The average molecular weight is 219 g/mol. The van der Waals surface area contributed by atoms with E-state index in [1.807, 2.05) is 6.92 Å². The molecule has 0 fully saturated rings. The lowest BCUT2D eigenvalue weighted by molar-refractivity contribution is -0.140. The van der Waals surface area contributed by atoms with Gasteiger partial charge in [0.1, 0.15) is 0 Å². The highest BCUT2D eigenvalue weighted by atomic mass is 16.5. The zero-order valence-electron chi connectivity index (χ0n) is 9.45. The van der Waals surface area contributed by atoms with Gasteiger partial charge in [-0.3, -0.25) is 4.79 Å². The molecule has 0 saturated heterocycles. The number of ether oxygens (including phenoxy) is 1. The molecule has 0 atom stereocenters. The van der Waals surface area contributed by atoms with Crippen molar-refractivity contribution in [3.05, 3.63) is 0 Å². The summed E-state index contributed by atoms with van der Waals surface area (Å²) in [7, 11) is 1.35. The predicted octanol–water partition coefficient (Wildman–Crippen LogP) is -0.337. The van der Waals surface area contributed by atoms with Crippen molar-refractivity contribution in [2.45, 2.75) is 31.7 Å². The highest BCUT2D eigenvalue weighted by molar-refractivity contribution is 5.69. The third-order valence-corrected chi connectivity index (χ3v) is 2.57. The van der Waals surface area contributed by atoms with E-state index in [9.17, 15) is 4.79 Å². The van der Waals surface area contributed by atoms with Crippen molar-refractivity contribution in [1.29, 1.82) is 0 Å². The van der Waals surface area contributed by atoms with Crippen molar-refractivity contribution in [3.63, 3.8) is 0 Å². The van der Waals surface area contributed by atoms with Crippen LogP contribution < -0.4 is 5.32 Å². The molecular weight excluding hydrogens is 198 g/mol. The molecular formula is C10H21NO4. The first-order valence-electron chi connectivity index (χ1n) is 5.17. The Morgan fingerprint density at radius 2 is 2.00 bits per heavy atom. The smallest absolute Gasteiger partial charge is 0.305 e. The quantitative estimate of drug-likeness (QED) is 0.384. The molecule has 0 aliphatic carbocycles. The molecule has 0 aliphatic rings. The Morgan fingerprint density at radius 1 is 1.40 bits per heavy atom. The van der Waals surface area contributed by atoms with Crippen LogP contribution in [-0.4, -0.2) is 48.6 Å². The lowest BCUT2D eigenvalue weighted by atomic mass is 9.98. The Morgan fingerprint density at radius 3 is 2.40 bits per heavy atom. The number of esters is 1. The summed E-state index contributed by atoms with van der Waals surface area (Å²) >= 11 is 0. The summed E-state index contributed by atoms with van der Waals surface area (Å²) in [5, 5.41) is 21.3. The van der Waals surface area contributed by atoms with E-state index in [0.29, 0.717) is 25.8 Å². The van der Waals surface area contributed by atoms with Crippen molar-refractivity contribution >= 4 is 5.97 Å². The second kappa shape index (κ2) is 7.62. The van der Waals surface area contributed by atoms with Gasteiger partial charge in [-0.2, -0.15) is 0 Å². The number of rotatable bonds is 8. The first-order valence-corrected chi connectivity index (χ1v) is 5.17. The average Bonchev–Trinajstić information content (AvgIpc) is 2.30. The Bertz CT molecular complexity index is 172. The molecule has 0 rings (SSSR count). The van der Waals surface area contributed by atoms with Crippen molar-refractivity contribution < 1.29 is 19.7 Å². The first-order chi connectivity index (χ1) is 7.14. The molecule has 5 nitrogen and oxygen atoms in total. The maximum absolute atomic E-state index is 10.8. The predicted molar refractivity (Wildman–Crippen MR) is 56.4 cm³/mol. The summed E-state index contributed by atoms with van der Waals surface area (Å²) in [6.07, 6.45) is 1.62. The molecule has 0 amide bonds. The fraction of sp³-hybridized carbons (Fsp3) is 0.900. The lowest BCUT2D eigenvalue weighted by Gasteiger charge is -2.29. The third-order valence-electron chi connectivity index (χ3n) is 2.57. The molecule has 0 saturated carbocycles. The number of carbonyl (C=O) groups excluding carboxylic acids is 1. The number of methoxy groups -OCH3 is 1. The third kappa shape index (κ3) is 5.11. The van der Waals surface area contributed by atoms with Gasteiger partial charge in [0.05, 0.1) is 25.9 Å². The Balaban J connectivity index is 3.76. The standard InChI is InChI=1S/C10H21NO4/c1-3-10(7-12,8-13)11-6-4-5-9(14)15-2/h11-13H,3-8H2,1-2H3. The fourth-order valence-corrected chi connectivity index (χ4v) is 1.20. The van der Waals surface area contributed by atoms with E-state index in [4.69, 9.17) is 10.2 Å². The van der Waals surface area contributed by atoms with E-state index >= 15 is 0 Å². The molecule has 0 aromatic heterocycles. The van der Waals surface area contributed by atoms with E-state index in [0.717, 1.165) is 0 Å². The van der Waals surface area contributed by atoms with Crippen molar-refractivity contribution in [3.8, 4) is 0 Å². The molecule has 0 heterocycles. The number of aliphatic hydroxyl groups excluding tert-OH is 2. The molecule has 0 aromatic carbocycles. The van der Waals surface area contributed by atoms with Crippen molar-refractivity contribution in [2.24, 2.45) is 0 Å². The molecule has 0 radical (unpaired) electrons. The molecule has 0 aromatic rings. The summed E-state index contributed by atoms with van der Waals surface area (Å²) in [5.41, 5.74) is -0.629. The maximum atomic E-state index is 10.8. The van der Waals surface area contributed by atoms with E-state index in [-0.39, 0.29) is 19.2 Å². The minimum absolute atomic E-state index is 0.113. The SMILES string of the molecule is CCC(CO)(CO)NCCCC(=O)OC. The summed E-state index contributed by atoms with van der Waals surface area (Å²) in [4.78, 5) is 10.8. The minimum atomic E-state index is -0.629. The van der Waals surface area contributed by atoms with E-state index in [1.54, 1.807) is 0 Å². The number of carbonyl (C=O) groups is 1. The fourth-order valence-electron chi connectivity index (χ4n) is 1.20. The van der Waals surface area contributed by atoms with Gasteiger partial charge in [-0.1, -0.05) is 6.92 Å². The second-order valence-electron chi connectivity index (χ2n) is 3.56.